The summed E-state index contributed by atoms with van der Waals surface area (Å²) in [6, 6.07) is 9.37. The van der Waals surface area contributed by atoms with Crippen LogP contribution < -0.4 is 5.32 Å². The second-order valence-electron chi connectivity index (χ2n) is 3.96. The summed E-state index contributed by atoms with van der Waals surface area (Å²) in [7, 11) is 2.02. The van der Waals surface area contributed by atoms with Crippen LogP contribution in [-0.4, -0.2) is 37.5 Å². The number of alkyl halides is 1. The maximum absolute atomic E-state index is 11.8. The first-order valence-electron chi connectivity index (χ1n) is 5.80. The maximum atomic E-state index is 11.8. The largest absolute Gasteiger partial charge is 0.353 e. The molecule has 0 aliphatic carbocycles. The Hall–Kier alpha value is -1.06. The van der Waals surface area contributed by atoms with Crippen LogP contribution in [0.25, 0.3) is 0 Å². The number of rotatable bonds is 6. The molecule has 0 aliphatic rings. The predicted octanol–water partition coefficient (Wildman–Crippen LogP) is 2.03. The first-order chi connectivity index (χ1) is 8.15. The van der Waals surface area contributed by atoms with Crippen molar-refractivity contribution in [1.29, 1.82) is 0 Å². The minimum absolute atomic E-state index is 0.137. The molecule has 0 heterocycles. The molecule has 1 aromatic carbocycles. The van der Waals surface area contributed by atoms with Gasteiger partial charge in [-0.3, -0.25) is 4.79 Å². The fourth-order valence-corrected chi connectivity index (χ4v) is 1.61. The smallest absolute Gasteiger partial charge is 0.242 e. The number of amides is 1. The van der Waals surface area contributed by atoms with E-state index in [1.54, 1.807) is 0 Å². The van der Waals surface area contributed by atoms with Crippen molar-refractivity contribution in [3.8, 4) is 0 Å². The van der Waals surface area contributed by atoms with Crippen molar-refractivity contribution < 1.29 is 4.79 Å². The van der Waals surface area contributed by atoms with E-state index >= 15 is 0 Å². The van der Waals surface area contributed by atoms with Crippen LogP contribution in [0.3, 0.4) is 0 Å². The fraction of sp³-hybridized carbons (Fsp3) is 0.462. The zero-order valence-corrected chi connectivity index (χ0v) is 11.1. The summed E-state index contributed by atoms with van der Waals surface area (Å²) < 4.78 is 0. The first-order valence-corrected chi connectivity index (χ1v) is 6.24. The third kappa shape index (κ3) is 4.75. The van der Waals surface area contributed by atoms with Crippen molar-refractivity contribution in [3.05, 3.63) is 35.9 Å². The number of hydrogen-bond acceptors (Lipinski definition) is 2. The highest BCUT2D eigenvalue weighted by molar-refractivity contribution is 6.30. The van der Waals surface area contributed by atoms with Gasteiger partial charge in [-0.25, -0.2) is 0 Å². The lowest BCUT2D eigenvalue weighted by atomic mass is 10.1. The summed E-state index contributed by atoms with van der Waals surface area (Å²) in [5.41, 5.74) is 0.829. The number of nitrogens with zero attached hydrogens (tertiary/aromatic N) is 1. The van der Waals surface area contributed by atoms with Crippen LogP contribution in [0.4, 0.5) is 0 Å². The lowest BCUT2D eigenvalue weighted by Gasteiger charge is -2.15. The molecular weight excluding hydrogens is 236 g/mol. The van der Waals surface area contributed by atoms with Crippen molar-refractivity contribution in [2.24, 2.45) is 0 Å². The molecule has 0 aliphatic heterocycles. The zero-order chi connectivity index (χ0) is 12.7. The van der Waals surface area contributed by atoms with Gasteiger partial charge < -0.3 is 10.2 Å². The van der Waals surface area contributed by atoms with Crippen molar-refractivity contribution in [1.82, 2.24) is 10.2 Å². The molecule has 0 aromatic heterocycles. The lowest BCUT2D eigenvalue weighted by Crippen LogP contribution is -2.34. The van der Waals surface area contributed by atoms with Crippen LogP contribution in [0.1, 0.15) is 17.9 Å². The Labute approximate surface area is 108 Å². The van der Waals surface area contributed by atoms with E-state index in [9.17, 15) is 4.79 Å². The Morgan fingerprint density at radius 3 is 2.65 bits per heavy atom. The van der Waals surface area contributed by atoms with Gasteiger partial charge in [-0.15, -0.1) is 11.6 Å². The van der Waals surface area contributed by atoms with Gasteiger partial charge in [-0.05, 0) is 19.2 Å². The summed E-state index contributed by atoms with van der Waals surface area (Å²) in [6.07, 6.45) is 0. The molecule has 94 valence electrons. The van der Waals surface area contributed by atoms with E-state index in [2.05, 4.69) is 17.1 Å². The van der Waals surface area contributed by atoms with Crippen molar-refractivity contribution >= 4 is 17.5 Å². The van der Waals surface area contributed by atoms with Gasteiger partial charge in [0.15, 0.2) is 0 Å². The molecule has 4 heteroatoms. The van der Waals surface area contributed by atoms with Crippen LogP contribution in [-0.2, 0) is 4.79 Å². The van der Waals surface area contributed by atoms with Gasteiger partial charge in [0.05, 0.1) is 0 Å². The first kappa shape index (κ1) is 14.0. The number of benzene rings is 1. The van der Waals surface area contributed by atoms with E-state index in [0.29, 0.717) is 6.54 Å². The Bertz CT molecular complexity index is 343. The van der Waals surface area contributed by atoms with Gasteiger partial charge in [0.2, 0.25) is 5.91 Å². The van der Waals surface area contributed by atoms with E-state index in [4.69, 9.17) is 11.6 Å². The predicted molar refractivity (Wildman–Crippen MR) is 71.2 cm³/mol. The Morgan fingerprint density at radius 2 is 2.06 bits per heavy atom. The summed E-state index contributed by atoms with van der Waals surface area (Å²) in [5.74, 6) is -0.137. The molecule has 0 saturated carbocycles. The molecule has 3 nitrogen and oxygen atoms in total. The summed E-state index contributed by atoms with van der Waals surface area (Å²) in [5, 5.41) is 2.23. The number of halogens is 1. The van der Waals surface area contributed by atoms with Crippen molar-refractivity contribution in [2.75, 3.05) is 26.7 Å². The van der Waals surface area contributed by atoms with E-state index < -0.39 is 5.38 Å². The number of carbonyl (C=O) groups is 1. The lowest BCUT2D eigenvalue weighted by molar-refractivity contribution is -0.120. The van der Waals surface area contributed by atoms with Crippen molar-refractivity contribution in [3.63, 3.8) is 0 Å². The van der Waals surface area contributed by atoms with E-state index in [1.807, 2.05) is 37.4 Å². The standard InChI is InChI=1S/C13H19ClN2O/c1-3-16(2)10-9-15-13(17)12(14)11-7-5-4-6-8-11/h4-8,12H,3,9-10H2,1-2H3,(H,15,17). The molecule has 1 rings (SSSR count). The summed E-state index contributed by atoms with van der Waals surface area (Å²) in [6.45, 7) is 4.51. The van der Waals surface area contributed by atoms with Gasteiger partial charge in [0.25, 0.3) is 0 Å². The highest BCUT2D eigenvalue weighted by Gasteiger charge is 2.16. The molecule has 1 unspecified atom stereocenters. The minimum atomic E-state index is -0.608. The molecular formula is C13H19ClN2O. The quantitative estimate of drug-likeness (QED) is 0.788. The molecule has 0 spiro atoms. The van der Waals surface area contributed by atoms with Crippen LogP contribution >= 0.6 is 11.6 Å². The number of carbonyl (C=O) groups excluding carboxylic acids is 1. The molecule has 0 saturated heterocycles. The van der Waals surface area contributed by atoms with E-state index in [-0.39, 0.29) is 5.91 Å². The van der Waals surface area contributed by atoms with Crippen molar-refractivity contribution in [2.45, 2.75) is 12.3 Å². The molecule has 1 aromatic rings. The zero-order valence-electron chi connectivity index (χ0n) is 10.3. The summed E-state index contributed by atoms with van der Waals surface area (Å²) in [4.78, 5) is 13.9. The van der Waals surface area contributed by atoms with Crippen LogP contribution in [0.15, 0.2) is 30.3 Å². The normalized spacial score (nSPS) is 12.5. The Balaban J connectivity index is 2.38. The average molecular weight is 255 g/mol. The van der Waals surface area contributed by atoms with Gasteiger partial charge >= 0.3 is 0 Å². The highest BCUT2D eigenvalue weighted by Crippen LogP contribution is 2.19. The molecule has 0 bridgehead atoms. The second kappa shape index (κ2) is 7.30. The van der Waals surface area contributed by atoms with Gasteiger partial charge in [0.1, 0.15) is 5.38 Å². The number of nitrogens with one attached hydrogen (secondary N) is 1. The van der Waals surface area contributed by atoms with Gasteiger partial charge in [-0.2, -0.15) is 0 Å². The van der Waals surface area contributed by atoms with E-state index in [0.717, 1.165) is 18.7 Å². The maximum Gasteiger partial charge on any atom is 0.242 e. The number of hydrogen-bond donors (Lipinski definition) is 1. The van der Waals surface area contributed by atoms with Crippen LogP contribution in [0.2, 0.25) is 0 Å². The van der Waals surface area contributed by atoms with E-state index in [1.165, 1.54) is 0 Å². The minimum Gasteiger partial charge on any atom is -0.353 e. The highest BCUT2D eigenvalue weighted by atomic mass is 35.5. The third-order valence-corrected chi connectivity index (χ3v) is 3.11. The monoisotopic (exact) mass is 254 g/mol. The van der Waals surface area contributed by atoms with Crippen LogP contribution in [0.5, 0.6) is 0 Å². The molecule has 1 N–H and O–H groups in total. The molecule has 0 radical (unpaired) electrons. The SMILES string of the molecule is CCN(C)CCNC(=O)C(Cl)c1ccccc1. The van der Waals surface area contributed by atoms with Gasteiger partial charge in [-0.1, -0.05) is 37.3 Å². The fourth-order valence-electron chi connectivity index (χ4n) is 1.39. The molecule has 1 amide bonds. The Morgan fingerprint density at radius 1 is 1.41 bits per heavy atom. The number of likely N-dealkylation sites (N-methyl/N-ethyl adjacent to an activating group) is 1. The molecule has 0 fully saturated rings. The third-order valence-electron chi connectivity index (χ3n) is 2.66. The molecule has 17 heavy (non-hydrogen) atoms. The summed E-state index contributed by atoms with van der Waals surface area (Å²) >= 11 is 6.08. The second-order valence-corrected chi connectivity index (χ2v) is 4.40. The topological polar surface area (TPSA) is 32.3 Å². The van der Waals surface area contributed by atoms with Crippen LogP contribution in [0, 0.1) is 0 Å². The molecule has 1 atom stereocenters. The Kier molecular flexibility index (Phi) is 6.01. The van der Waals surface area contributed by atoms with Gasteiger partial charge in [0, 0.05) is 13.1 Å². The average Bonchev–Trinajstić information content (AvgIpc) is 2.38.